The van der Waals surface area contributed by atoms with Crippen molar-refractivity contribution in [2.24, 2.45) is 7.05 Å². The zero-order chi connectivity index (χ0) is 25.6. The largest absolute Gasteiger partial charge is 0.325 e. The molecule has 36 heavy (non-hydrogen) atoms. The van der Waals surface area contributed by atoms with Gasteiger partial charge < -0.3 is 5.32 Å². The van der Waals surface area contributed by atoms with Crippen LogP contribution in [0.15, 0.2) is 54.9 Å². The molecule has 2 N–H and O–H groups in total. The third-order valence-corrected chi connectivity index (χ3v) is 6.20. The molecule has 2 aromatic carbocycles. The van der Waals surface area contributed by atoms with Crippen molar-refractivity contribution in [2.75, 3.05) is 10.6 Å². The van der Waals surface area contributed by atoms with Crippen LogP contribution < -0.4 is 10.6 Å². The van der Waals surface area contributed by atoms with Gasteiger partial charge in [0.15, 0.2) is 0 Å². The quantitative estimate of drug-likeness (QED) is 0.334. The molecule has 3 heterocycles. The van der Waals surface area contributed by atoms with Gasteiger partial charge in [-0.05, 0) is 47.2 Å². The Morgan fingerprint density at radius 2 is 1.81 bits per heavy atom. The van der Waals surface area contributed by atoms with Crippen LogP contribution in [0.25, 0.3) is 32.8 Å². The first-order valence-electron chi connectivity index (χ1n) is 11.8. The summed E-state index contributed by atoms with van der Waals surface area (Å²) in [4.78, 5) is 24.7. The third-order valence-electron chi connectivity index (χ3n) is 6.20. The van der Waals surface area contributed by atoms with E-state index >= 15 is 0 Å². The van der Waals surface area contributed by atoms with Gasteiger partial charge >= 0.3 is 0 Å². The summed E-state index contributed by atoms with van der Waals surface area (Å²) in [5, 5.41) is 13.8. The topological polar surface area (TPSA) is 97.6 Å². The number of benzene rings is 2. The van der Waals surface area contributed by atoms with E-state index in [-0.39, 0.29) is 11.3 Å². The smallest absolute Gasteiger partial charge is 0.229 e. The fraction of sp³-hybridized carbons (Fsp3) is 0.250. The maximum absolute atomic E-state index is 11.4. The summed E-state index contributed by atoms with van der Waals surface area (Å²) in [6.45, 7) is 10.0. The first kappa shape index (κ1) is 23.4. The van der Waals surface area contributed by atoms with E-state index in [2.05, 4.69) is 88.7 Å². The number of anilines is 3. The zero-order valence-electron chi connectivity index (χ0n) is 21.3. The molecule has 0 saturated carbocycles. The van der Waals surface area contributed by atoms with Crippen LogP contribution >= 0.6 is 0 Å². The van der Waals surface area contributed by atoms with E-state index in [0.717, 1.165) is 55.7 Å². The highest BCUT2D eigenvalue weighted by atomic mass is 16.1. The lowest BCUT2D eigenvalue weighted by molar-refractivity contribution is -0.114. The monoisotopic (exact) mass is 479 g/mol. The summed E-state index contributed by atoms with van der Waals surface area (Å²) in [6, 6.07) is 14.4. The van der Waals surface area contributed by atoms with Crippen LogP contribution in [0.5, 0.6) is 0 Å². The second-order valence-electron chi connectivity index (χ2n) is 10.1. The minimum atomic E-state index is -0.198. The van der Waals surface area contributed by atoms with Gasteiger partial charge in [-0.3, -0.25) is 14.8 Å². The number of aryl methyl sites for hydroxylation is 2. The Kier molecular flexibility index (Phi) is 5.67. The maximum atomic E-state index is 11.4. The van der Waals surface area contributed by atoms with Crippen LogP contribution in [-0.2, 0) is 17.3 Å². The van der Waals surface area contributed by atoms with E-state index in [1.807, 2.05) is 30.1 Å². The minimum absolute atomic E-state index is 0.0448. The lowest BCUT2D eigenvalue weighted by Gasteiger charge is -2.15. The number of carbonyl (C=O) groups excluding carboxylic acids is 1. The highest BCUT2D eigenvalue weighted by Crippen LogP contribution is 2.36. The van der Waals surface area contributed by atoms with E-state index in [9.17, 15) is 4.79 Å². The van der Waals surface area contributed by atoms with E-state index in [1.165, 1.54) is 6.92 Å². The number of aromatic nitrogens is 5. The zero-order valence-corrected chi connectivity index (χ0v) is 21.3. The van der Waals surface area contributed by atoms with Gasteiger partial charge in [-0.25, -0.2) is 15.0 Å². The average molecular weight is 480 g/mol. The maximum Gasteiger partial charge on any atom is 0.229 e. The molecule has 1 amide bonds. The first-order valence-corrected chi connectivity index (χ1v) is 11.8. The second kappa shape index (κ2) is 8.71. The Balaban J connectivity index is 1.58. The summed E-state index contributed by atoms with van der Waals surface area (Å²) in [7, 11) is 1.94. The Morgan fingerprint density at radius 1 is 1.00 bits per heavy atom. The number of nitrogens with one attached hydrogen (secondary N) is 2. The van der Waals surface area contributed by atoms with Crippen molar-refractivity contribution < 1.29 is 4.79 Å². The number of pyridine rings is 1. The molecule has 8 heteroatoms. The average Bonchev–Trinajstić information content (AvgIpc) is 3.19. The van der Waals surface area contributed by atoms with Crippen LogP contribution in [0.2, 0.25) is 0 Å². The Morgan fingerprint density at radius 3 is 2.53 bits per heavy atom. The lowest BCUT2D eigenvalue weighted by Crippen LogP contribution is -2.12. The Hall–Kier alpha value is -4.33. The number of carbonyl (C=O) groups is 1. The van der Waals surface area contributed by atoms with Crippen molar-refractivity contribution in [1.82, 2.24) is 24.7 Å². The molecule has 0 aliphatic heterocycles. The van der Waals surface area contributed by atoms with Gasteiger partial charge in [-0.2, -0.15) is 5.10 Å². The number of rotatable bonds is 4. The van der Waals surface area contributed by atoms with Crippen molar-refractivity contribution >= 4 is 45.2 Å². The van der Waals surface area contributed by atoms with Crippen LogP contribution in [0.3, 0.4) is 0 Å². The lowest BCUT2D eigenvalue weighted by atomic mass is 9.92. The number of nitrogens with zero attached hydrogens (tertiary/aromatic N) is 5. The fourth-order valence-electron chi connectivity index (χ4n) is 4.33. The van der Waals surface area contributed by atoms with Gasteiger partial charge in [0.2, 0.25) is 11.9 Å². The molecule has 3 aromatic heterocycles. The minimum Gasteiger partial charge on any atom is -0.325 e. The SMILES string of the molecule is CC(=O)Nc1ncc2cc(-c3c(C)ccc4c(Nc5cc(C(C)(C)C)nn5C)nccc34)ccc2n1. The molecule has 0 atom stereocenters. The second-order valence-corrected chi connectivity index (χ2v) is 10.1. The van der Waals surface area contributed by atoms with E-state index < -0.39 is 0 Å². The highest BCUT2D eigenvalue weighted by Gasteiger charge is 2.20. The van der Waals surface area contributed by atoms with Crippen molar-refractivity contribution in [1.29, 1.82) is 0 Å². The number of hydrogen-bond donors (Lipinski definition) is 2. The van der Waals surface area contributed by atoms with Gasteiger partial charge in [-0.15, -0.1) is 0 Å². The van der Waals surface area contributed by atoms with Crippen LogP contribution in [0.4, 0.5) is 17.6 Å². The standard InChI is InChI=1S/C28H29N7O/c1-16-7-9-21-20(11-12-29-26(21)33-24-14-23(28(3,4)5)34-35(24)6)25(16)18-8-10-22-19(13-18)15-30-27(32-22)31-17(2)36/h7-15H,1-6H3,(H,29,33)(H,30,31,32,36). The molecule has 0 bridgehead atoms. The normalized spacial score (nSPS) is 11.7. The molecule has 5 rings (SSSR count). The van der Waals surface area contributed by atoms with Gasteiger partial charge in [0.25, 0.3) is 0 Å². The first-order chi connectivity index (χ1) is 17.1. The molecule has 5 aromatic rings. The van der Waals surface area contributed by atoms with Crippen molar-refractivity contribution in [3.05, 3.63) is 66.1 Å². The summed E-state index contributed by atoms with van der Waals surface area (Å²) >= 11 is 0. The molecule has 0 spiro atoms. The molecule has 182 valence electrons. The Labute approximate surface area is 209 Å². The summed E-state index contributed by atoms with van der Waals surface area (Å²) < 4.78 is 1.86. The van der Waals surface area contributed by atoms with Gasteiger partial charge in [0.05, 0.1) is 11.2 Å². The molecule has 8 nitrogen and oxygen atoms in total. The van der Waals surface area contributed by atoms with E-state index in [0.29, 0.717) is 5.95 Å². The molecule has 0 radical (unpaired) electrons. The molecule has 0 unspecified atom stereocenters. The molecule has 0 aliphatic carbocycles. The fourth-order valence-corrected chi connectivity index (χ4v) is 4.33. The van der Waals surface area contributed by atoms with Crippen molar-refractivity contribution in [3.8, 4) is 11.1 Å². The van der Waals surface area contributed by atoms with E-state index in [1.54, 1.807) is 6.20 Å². The van der Waals surface area contributed by atoms with Crippen molar-refractivity contribution in [3.63, 3.8) is 0 Å². The third kappa shape index (κ3) is 4.37. The van der Waals surface area contributed by atoms with Gasteiger partial charge in [0, 0.05) is 48.6 Å². The van der Waals surface area contributed by atoms with Gasteiger partial charge in [0.1, 0.15) is 11.6 Å². The van der Waals surface area contributed by atoms with Gasteiger partial charge in [-0.1, -0.05) is 39.0 Å². The van der Waals surface area contributed by atoms with Crippen LogP contribution in [0, 0.1) is 6.92 Å². The predicted octanol–water partition coefficient (Wildman–Crippen LogP) is 5.89. The van der Waals surface area contributed by atoms with Crippen molar-refractivity contribution in [2.45, 2.75) is 40.0 Å². The molecular formula is C28H29N7O. The number of hydrogen-bond acceptors (Lipinski definition) is 6. The summed E-state index contributed by atoms with van der Waals surface area (Å²) in [6.07, 6.45) is 3.57. The Bertz CT molecular complexity index is 1630. The number of fused-ring (bicyclic) bond motifs is 2. The van der Waals surface area contributed by atoms with E-state index in [4.69, 9.17) is 0 Å². The molecular weight excluding hydrogens is 450 g/mol. The predicted molar refractivity (Wildman–Crippen MR) is 145 cm³/mol. The number of amides is 1. The molecule has 0 fully saturated rings. The van der Waals surface area contributed by atoms with Crippen LogP contribution in [0.1, 0.15) is 39.0 Å². The highest BCUT2D eigenvalue weighted by molar-refractivity contribution is 6.04. The molecule has 0 aliphatic rings. The summed E-state index contributed by atoms with van der Waals surface area (Å²) in [5.41, 5.74) is 5.09. The molecule has 0 saturated heterocycles. The van der Waals surface area contributed by atoms with Crippen LogP contribution in [-0.4, -0.2) is 30.6 Å². The summed E-state index contributed by atoms with van der Waals surface area (Å²) in [5.74, 6) is 1.77.